The quantitative estimate of drug-likeness (QED) is 0.383. The second-order valence-corrected chi connectivity index (χ2v) is 3.51. The Hall–Kier alpha value is -0.194. The SMILES string of the molecule is C#C.C1CCCC1.Cl.O.O=C1CCCC1.[C-]#C.[Mg+2]. The monoisotopic (exact) mass is 283 g/mol. The maximum atomic E-state index is 10.2. The summed E-state index contributed by atoms with van der Waals surface area (Å²) >= 11 is 0. The minimum atomic E-state index is 0. The third kappa shape index (κ3) is 24.9. The molecule has 2 rings (SSSR count). The van der Waals surface area contributed by atoms with Crippen molar-refractivity contribution in [1.82, 2.24) is 0 Å². The van der Waals surface area contributed by atoms with Crippen molar-refractivity contribution in [3.05, 3.63) is 6.42 Å². The Morgan fingerprint density at radius 3 is 1.11 bits per heavy atom. The van der Waals surface area contributed by atoms with Crippen molar-refractivity contribution < 1.29 is 10.3 Å². The van der Waals surface area contributed by atoms with E-state index in [1.165, 1.54) is 32.1 Å². The molecule has 2 fully saturated rings. The molecule has 18 heavy (non-hydrogen) atoms. The van der Waals surface area contributed by atoms with E-state index in [1.54, 1.807) is 0 Å². The van der Waals surface area contributed by atoms with E-state index >= 15 is 0 Å². The van der Waals surface area contributed by atoms with Crippen molar-refractivity contribution in [3.63, 3.8) is 0 Å². The molecule has 2 saturated carbocycles. The standard InChI is InChI=1S/C5H8O.C5H10.C2H2.C2H.ClH.Mg.H2O/c6-5-3-1-2-4-5;1-2-4-5-3-1;2*1-2;;;/h1-4H2;1-5H2;1-2H;1H;1H;;1H2/q;;;-1;;+2;. The number of terminal acetylenes is 2. The van der Waals surface area contributed by atoms with Crippen molar-refractivity contribution in [2.45, 2.75) is 57.8 Å². The molecular formula is C14H24ClMgO2+. The van der Waals surface area contributed by atoms with Crippen LogP contribution in [-0.4, -0.2) is 34.3 Å². The average molecular weight is 284 g/mol. The second-order valence-electron chi connectivity index (χ2n) is 3.51. The Kier molecular flexibility index (Phi) is 51.3. The normalized spacial score (nSPS) is 14.3. The summed E-state index contributed by atoms with van der Waals surface area (Å²) in [5, 5.41) is 0. The van der Waals surface area contributed by atoms with E-state index in [1.807, 2.05) is 0 Å². The van der Waals surface area contributed by atoms with Crippen molar-refractivity contribution in [3.8, 4) is 19.3 Å². The predicted octanol–water partition coefficient (Wildman–Crippen LogP) is 2.75. The molecule has 0 aliphatic heterocycles. The zero-order chi connectivity index (χ0) is 11.9. The second kappa shape index (κ2) is 30.1. The molecule has 0 bridgehead atoms. The summed E-state index contributed by atoms with van der Waals surface area (Å²) in [6, 6.07) is 0. The Labute approximate surface area is 135 Å². The van der Waals surface area contributed by atoms with Crippen LogP contribution in [0.5, 0.6) is 0 Å². The minimum absolute atomic E-state index is 0. The molecule has 2 aliphatic carbocycles. The van der Waals surface area contributed by atoms with Crippen molar-refractivity contribution in [1.29, 1.82) is 0 Å². The van der Waals surface area contributed by atoms with E-state index in [-0.39, 0.29) is 40.9 Å². The molecular weight excluding hydrogens is 260 g/mol. The maximum Gasteiger partial charge on any atom is 2.00 e. The zero-order valence-corrected chi connectivity index (χ0v) is 13.4. The number of Topliss-reactive ketones (excluding diaryl/α,β-unsaturated/α-hetero) is 1. The van der Waals surface area contributed by atoms with Crippen LogP contribution in [0.1, 0.15) is 57.8 Å². The fourth-order valence-electron chi connectivity index (χ4n) is 1.65. The molecule has 0 spiro atoms. The van der Waals surface area contributed by atoms with Crippen LogP contribution >= 0.6 is 12.4 Å². The molecule has 100 valence electrons. The van der Waals surface area contributed by atoms with E-state index in [0.29, 0.717) is 5.78 Å². The van der Waals surface area contributed by atoms with Crippen LogP contribution in [-0.2, 0) is 4.79 Å². The smallest absolute Gasteiger partial charge is 0.697 e. The molecule has 0 atom stereocenters. The molecule has 0 aromatic carbocycles. The summed E-state index contributed by atoms with van der Waals surface area (Å²) in [6.45, 7) is 0. The summed E-state index contributed by atoms with van der Waals surface area (Å²) in [4.78, 5) is 10.2. The van der Waals surface area contributed by atoms with Crippen LogP contribution in [0.4, 0.5) is 0 Å². The third-order valence-electron chi connectivity index (χ3n) is 2.41. The number of ketones is 1. The number of halogens is 1. The summed E-state index contributed by atoms with van der Waals surface area (Å²) < 4.78 is 0. The van der Waals surface area contributed by atoms with Gasteiger partial charge < -0.3 is 18.3 Å². The topological polar surface area (TPSA) is 48.6 Å². The molecule has 0 amide bonds. The van der Waals surface area contributed by atoms with Gasteiger partial charge >= 0.3 is 23.1 Å². The zero-order valence-electron chi connectivity index (χ0n) is 11.1. The molecule has 4 heteroatoms. The van der Waals surface area contributed by atoms with Gasteiger partial charge in [0.1, 0.15) is 5.78 Å². The van der Waals surface area contributed by atoms with Gasteiger partial charge in [0.2, 0.25) is 0 Å². The number of carbonyl (C=O) groups is 1. The van der Waals surface area contributed by atoms with E-state index < -0.39 is 0 Å². The molecule has 2 N–H and O–H groups in total. The molecule has 0 aromatic heterocycles. The van der Waals surface area contributed by atoms with Crippen LogP contribution in [0.15, 0.2) is 0 Å². The molecule has 2 aliphatic rings. The molecule has 0 radical (unpaired) electrons. The van der Waals surface area contributed by atoms with Crippen LogP contribution in [0.2, 0.25) is 0 Å². The fraction of sp³-hybridized carbons (Fsp3) is 0.643. The van der Waals surface area contributed by atoms with Gasteiger partial charge in [0, 0.05) is 12.8 Å². The van der Waals surface area contributed by atoms with Gasteiger partial charge in [-0.15, -0.1) is 25.3 Å². The maximum absolute atomic E-state index is 10.2. The van der Waals surface area contributed by atoms with Crippen LogP contribution < -0.4 is 0 Å². The van der Waals surface area contributed by atoms with Gasteiger partial charge in [-0.2, -0.15) is 0 Å². The summed E-state index contributed by atoms with van der Waals surface area (Å²) in [6.07, 6.45) is 28.5. The number of rotatable bonds is 0. The number of hydrogen-bond donors (Lipinski definition) is 0. The molecule has 0 aromatic rings. The number of carbonyl (C=O) groups excluding carboxylic acids is 1. The molecule has 0 unspecified atom stereocenters. The third-order valence-corrected chi connectivity index (χ3v) is 2.41. The van der Waals surface area contributed by atoms with Crippen LogP contribution in [0.3, 0.4) is 0 Å². The number of hydrogen-bond acceptors (Lipinski definition) is 1. The van der Waals surface area contributed by atoms with E-state index in [2.05, 4.69) is 19.3 Å². The van der Waals surface area contributed by atoms with Crippen LogP contribution in [0.25, 0.3) is 0 Å². The Morgan fingerprint density at radius 1 is 0.778 bits per heavy atom. The minimum Gasteiger partial charge on any atom is -0.697 e. The van der Waals surface area contributed by atoms with Crippen molar-refractivity contribution in [2.24, 2.45) is 0 Å². The summed E-state index contributed by atoms with van der Waals surface area (Å²) in [5.74, 6) is 0.454. The van der Waals surface area contributed by atoms with Gasteiger partial charge in [-0.05, 0) is 12.8 Å². The van der Waals surface area contributed by atoms with Gasteiger partial charge in [-0.25, -0.2) is 0 Å². The van der Waals surface area contributed by atoms with Gasteiger partial charge in [0.25, 0.3) is 0 Å². The van der Waals surface area contributed by atoms with Gasteiger partial charge in [0.05, 0.1) is 0 Å². The first kappa shape index (κ1) is 30.7. The van der Waals surface area contributed by atoms with E-state index in [9.17, 15) is 4.79 Å². The van der Waals surface area contributed by atoms with Gasteiger partial charge in [-0.3, -0.25) is 4.79 Å². The first-order valence-corrected chi connectivity index (χ1v) is 5.53. The van der Waals surface area contributed by atoms with E-state index in [4.69, 9.17) is 6.42 Å². The predicted molar refractivity (Wildman–Crippen MR) is 81.3 cm³/mol. The van der Waals surface area contributed by atoms with Crippen molar-refractivity contribution in [2.75, 3.05) is 0 Å². The largest absolute Gasteiger partial charge is 2.00 e. The molecule has 2 nitrogen and oxygen atoms in total. The Bertz CT molecular complexity index is 165. The first-order valence-electron chi connectivity index (χ1n) is 5.53. The average Bonchev–Trinajstić information content (AvgIpc) is 2.98. The van der Waals surface area contributed by atoms with Gasteiger partial charge in [-0.1, -0.05) is 32.1 Å². The van der Waals surface area contributed by atoms with Gasteiger partial charge in [0.15, 0.2) is 0 Å². The summed E-state index contributed by atoms with van der Waals surface area (Å²) in [7, 11) is 0. The fourth-order valence-corrected chi connectivity index (χ4v) is 1.65. The molecule has 0 heterocycles. The van der Waals surface area contributed by atoms with Crippen LogP contribution in [0, 0.1) is 25.7 Å². The summed E-state index contributed by atoms with van der Waals surface area (Å²) in [5.41, 5.74) is 0. The van der Waals surface area contributed by atoms with E-state index in [0.717, 1.165) is 25.7 Å². The Balaban J connectivity index is -0.0000000437. The van der Waals surface area contributed by atoms with Crippen molar-refractivity contribution >= 4 is 41.2 Å². The first-order chi connectivity index (χ1) is 7.39. The Morgan fingerprint density at radius 2 is 1.00 bits per heavy atom. The molecule has 0 saturated heterocycles.